The van der Waals surface area contributed by atoms with Gasteiger partial charge in [0.05, 0.1) is 6.61 Å². The van der Waals surface area contributed by atoms with Crippen molar-refractivity contribution >= 4 is 11.9 Å². The molecule has 0 saturated carbocycles. The summed E-state index contributed by atoms with van der Waals surface area (Å²) < 4.78 is 5.49. The molecule has 1 rings (SSSR count). The van der Waals surface area contributed by atoms with Crippen molar-refractivity contribution in [2.24, 2.45) is 5.41 Å². The van der Waals surface area contributed by atoms with Gasteiger partial charge in [-0.15, -0.1) is 0 Å². The van der Waals surface area contributed by atoms with E-state index in [4.69, 9.17) is 4.74 Å². The summed E-state index contributed by atoms with van der Waals surface area (Å²) in [5.41, 5.74) is 0.172. The predicted molar refractivity (Wildman–Crippen MR) is 77.9 cm³/mol. The molecule has 108 valence electrons. The molecule has 1 aromatic rings. The van der Waals surface area contributed by atoms with Gasteiger partial charge in [0, 0.05) is 20.6 Å². The van der Waals surface area contributed by atoms with Crippen LogP contribution in [0.25, 0.3) is 0 Å². The van der Waals surface area contributed by atoms with Gasteiger partial charge in [0.2, 0.25) is 11.9 Å². The molecular weight excluding hydrogens is 242 g/mol. The van der Waals surface area contributed by atoms with Gasteiger partial charge in [-0.05, 0) is 11.8 Å². The van der Waals surface area contributed by atoms with E-state index >= 15 is 0 Å². The zero-order valence-corrected chi connectivity index (χ0v) is 12.8. The van der Waals surface area contributed by atoms with Gasteiger partial charge in [-0.2, -0.15) is 15.0 Å². The highest BCUT2D eigenvalue weighted by molar-refractivity contribution is 5.37. The highest BCUT2D eigenvalue weighted by Gasteiger charge is 2.17. The summed E-state index contributed by atoms with van der Waals surface area (Å²) >= 11 is 0. The molecule has 0 amide bonds. The molecule has 0 unspecified atom stereocenters. The summed E-state index contributed by atoms with van der Waals surface area (Å²) in [5, 5.41) is 2.93. The Labute approximate surface area is 115 Å². The van der Waals surface area contributed by atoms with Crippen molar-refractivity contribution in [3.05, 3.63) is 0 Å². The van der Waals surface area contributed by atoms with Gasteiger partial charge >= 0.3 is 6.01 Å². The molecule has 0 aliphatic carbocycles. The number of anilines is 2. The van der Waals surface area contributed by atoms with Crippen LogP contribution < -0.4 is 15.0 Å². The van der Waals surface area contributed by atoms with E-state index in [2.05, 4.69) is 41.0 Å². The van der Waals surface area contributed by atoms with Crippen LogP contribution in [-0.4, -0.2) is 42.2 Å². The smallest absolute Gasteiger partial charge is 0.323 e. The minimum atomic E-state index is 0.172. The summed E-state index contributed by atoms with van der Waals surface area (Å²) in [6, 6.07) is 0.372. The molecule has 1 N–H and O–H groups in total. The highest BCUT2D eigenvalue weighted by Crippen LogP contribution is 2.19. The van der Waals surface area contributed by atoms with E-state index in [0.29, 0.717) is 24.5 Å². The average molecular weight is 267 g/mol. The quantitative estimate of drug-likeness (QED) is 0.852. The zero-order chi connectivity index (χ0) is 14.5. The Bertz CT molecular complexity index is 403. The monoisotopic (exact) mass is 267 g/mol. The van der Waals surface area contributed by atoms with Gasteiger partial charge in [-0.25, -0.2) is 0 Å². The lowest BCUT2D eigenvalue weighted by molar-refractivity contribution is 0.291. The predicted octanol–water partition coefficient (Wildman–Crippen LogP) is 2.18. The van der Waals surface area contributed by atoms with E-state index < -0.39 is 0 Å². The molecule has 0 bridgehead atoms. The molecule has 0 fully saturated rings. The van der Waals surface area contributed by atoms with Crippen molar-refractivity contribution in [1.29, 1.82) is 0 Å². The molecule has 0 saturated heterocycles. The van der Waals surface area contributed by atoms with Crippen LogP contribution in [-0.2, 0) is 0 Å². The van der Waals surface area contributed by atoms with Crippen molar-refractivity contribution in [2.75, 3.05) is 37.5 Å². The lowest BCUT2D eigenvalue weighted by Crippen LogP contribution is -2.30. The molecule has 1 heterocycles. The topological polar surface area (TPSA) is 63.2 Å². The largest absolute Gasteiger partial charge is 0.463 e. The van der Waals surface area contributed by atoms with Gasteiger partial charge < -0.3 is 15.0 Å². The molecule has 1 aromatic heterocycles. The molecular formula is C13H25N5O. The number of aromatic nitrogens is 3. The second kappa shape index (κ2) is 6.54. The second-order valence-corrected chi connectivity index (χ2v) is 5.76. The number of rotatable bonds is 6. The molecule has 0 spiro atoms. The Morgan fingerprint density at radius 1 is 1.21 bits per heavy atom. The maximum absolute atomic E-state index is 5.49. The van der Waals surface area contributed by atoms with Crippen LogP contribution >= 0.6 is 0 Å². The average Bonchev–Trinajstić information content (AvgIpc) is 2.33. The Morgan fingerprint density at radius 2 is 1.89 bits per heavy atom. The van der Waals surface area contributed by atoms with Crippen LogP contribution in [0.1, 0.15) is 34.1 Å². The van der Waals surface area contributed by atoms with Crippen molar-refractivity contribution < 1.29 is 4.74 Å². The number of hydrogen-bond donors (Lipinski definition) is 1. The highest BCUT2D eigenvalue weighted by atomic mass is 16.5. The van der Waals surface area contributed by atoms with Crippen molar-refractivity contribution in [3.63, 3.8) is 0 Å². The van der Waals surface area contributed by atoms with Gasteiger partial charge in [0.25, 0.3) is 0 Å². The number of nitrogens with zero attached hydrogens (tertiary/aromatic N) is 4. The fourth-order valence-corrected chi connectivity index (χ4v) is 1.67. The zero-order valence-electron chi connectivity index (χ0n) is 12.8. The second-order valence-electron chi connectivity index (χ2n) is 5.76. The molecule has 0 aliphatic rings. The number of hydrogen-bond acceptors (Lipinski definition) is 6. The van der Waals surface area contributed by atoms with E-state index in [9.17, 15) is 0 Å². The van der Waals surface area contributed by atoms with Crippen molar-refractivity contribution in [1.82, 2.24) is 15.0 Å². The van der Waals surface area contributed by atoms with Gasteiger partial charge in [0.1, 0.15) is 0 Å². The Balaban J connectivity index is 2.92. The van der Waals surface area contributed by atoms with E-state index in [1.165, 1.54) is 0 Å². The lowest BCUT2D eigenvalue weighted by atomic mass is 9.96. The summed E-state index contributed by atoms with van der Waals surface area (Å²) in [6.07, 6.45) is 0.924. The number of nitrogens with one attached hydrogen (secondary N) is 1. The minimum Gasteiger partial charge on any atom is -0.463 e. The first kappa shape index (κ1) is 15.5. The minimum absolute atomic E-state index is 0.172. The maximum Gasteiger partial charge on any atom is 0.323 e. The fraction of sp³-hybridized carbons (Fsp3) is 0.769. The molecule has 6 heteroatoms. The lowest BCUT2D eigenvalue weighted by Gasteiger charge is -2.26. The summed E-state index contributed by atoms with van der Waals surface area (Å²) in [4.78, 5) is 14.9. The molecule has 6 nitrogen and oxygen atoms in total. The normalized spacial score (nSPS) is 11.3. The van der Waals surface area contributed by atoms with Crippen LogP contribution in [0.2, 0.25) is 0 Å². The Morgan fingerprint density at radius 3 is 2.42 bits per heavy atom. The summed E-state index contributed by atoms with van der Waals surface area (Å²) in [6.45, 7) is 10.0. The molecule has 0 aliphatic heterocycles. The first-order chi connectivity index (χ1) is 8.85. The Hall–Kier alpha value is -1.59. The van der Waals surface area contributed by atoms with Crippen LogP contribution in [0, 0.1) is 5.41 Å². The first-order valence-corrected chi connectivity index (χ1v) is 6.63. The maximum atomic E-state index is 5.49. The fourth-order valence-electron chi connectivity index (χ4n) is 1.67. The van der Waals surface area contributed by atoms with Crippen LogP contribution in [0.15, 0.2) is 0 Å². The third kappa shape index (κ3) is 5.28. The first-order valence-electron chi connectivity index (χ1n) is 6.63. The summed E-state index contributed by atoms with van der Waals surface area (Å²) in [5.74, 6) is 1.15. The Kier molecular flexibility index (Phi) is 5.32. The molecule has 0 atom stereocenters. The van der Waals surface area contributed by atoms with E-state index in [1.807, 2.05) is 18.9 Å². The van der Waals surface area contributed by atoms with E-state index in [-0.39, 0.29) is 5.41 Å². The van der Waals surface area contributed by atoms with E-state index in [0.717, 1.165) is 13.0 Å². The number of ether oxygens (including phenoxy) is 1. The molecule has 19 heavy (non-hydrogen) atoms. The van der Waals surface area contributed by atoms with Crippen molar-refractivity contribution in [3.8, 4) is 6.01 Å². The van der Waals surface area contributed by atoms with Crippen LogP contribution in [0.3, 0.4) is 0 Å². The van der Waals surface area contributed by atoms with Crippen LogP contribution in [0.4, 0.5) is 11.9 Å². The third-order valence-corrected chi connectivity index (χ3v) is 2.31. The van der Waals surface area contributed by atoms with Gasteiger partial charge in [0.15, 0.2) is 0 Å². The molecule has 0 aromatic carbocycles. The van der Waals surface area contributed by atoms with Gasteiger partial charge in [-0.3, -0.25) is 0 Å². The van der Waals surface area contributed by atoms with Crippen molar-refractivity contribution in [2.45, 2.75) is 34.1 Å². The molecule has 0 radical (unpaired) electrons. The van der Waals surface area contributed by atoms with Crippen LogP contribution in [0.5, 0.6) is 6.01 Å². The standard InChI is InChI=1S/C13H25N5O/c1-7-8-19-12-16-10(14-5)15-11(17-12)18(6)9-13(2,3)4/h7-9H2,1-6H3,(H,14,15,16,17). The SMILES string of the molecule is CCCOc1nc(NC)nc(N(C)CC(C)(C)C)n1. The summed E-state index contributed by atoms with van der Waals surface area (Å²) in [7, 11) is 3.76. The van der Waals surface area contributed by atoms with Gasteiger partial charge in [-0.1, -0.05) is 27.7 Å². The van der Waals surface area contributed by atoms with E-state index in [1.54, 1.807) is 7.05 Å². The third-order valence-electron chi connectivity index (χ3n) is 2.31.